The number of benzene rings is 1. The van der Waals surface area contributed by atoms with E-state index in [4.69, 9.17) is 11.6 Å². The van der Waals surface area contributed by atoms with E-state index in [1.165, 1.54) is 0 Å². The van der Waals surface area contributed by atoms with Gasteiger partial charge >= 0.3 is 0 Å². The van der Waals surface area contributed by atoms with Crippen molar-refractivity contribution < 1.29 is 4.79 Å². The van der Waals surface area contributed by atoms with Crippen LogP contribution in [0, 0.1) is 5.41 Å². The van der Waals surface area contributed by atoms with E-state index in [-0.39, 0.29) is 11.3 Å². The highest BCUT2D eigenvalue weighted by Crippen LogP contribution is 2.24. The highest BCUT2D eigenvalue weighted by Gasteiger charge is 2.19. The van der Waals surface area contributed by atoms with E-state index in [0.717, 1.165) is 23.1 Å². The van der Waals surface area contributed by atoms with Gasteiger partial charge in [-0.15, -0.1) is 11.8 Å². The van der Waals surface area contributed by atoms with E-state index in [1.54, 1.807) is 17.8 Å². The minimum Gasteiger partial charge on any atom is -0.351 e. The van der Waals surface area contributed by atoms with Crippen LogP contribution in [0.25, 0.3) is 0 Å². The van der Waals surface area contributed by atoms with Crippen molar-refractivity contribution in [1.29, 1.82) is 0 Å². The Bertz CT molecular complexity index is 465. The van der Waals surface area contributed by atoms with Gasteiger partial charge in [0.25, 0.3) is 5.91 Å². The van der Waals surface area contributed by atoms with Crippen molar-refractivity contribution in [2.75, 3.05) is 18.1 Å². The van der Waals surface area contributed by atoms with Crippen LogP contribution in [-0.4, -0.2) is 24.0 Å². The van der Waals surface area contributed by atoms with E-state index >= 15 is 0 Å². The van der Waals surface area contributed by atoms with Crippen molar-refractivity contribution in [1.82, 2.24) is 5.32 Å². The summed E-state index contributed by atoms with van der Waals surface area (Å²) in [6.45, 7) is 4.98. The highest BCUT2D eigenvalue weighted by molar-refractivity contribution is 9.09. The number of carbonyl (C=O) groups excluding carboxylic acids is 1. The van der Waals surface area contributed by atoms with Crippen LogP contribution in [0.2, 0.25) is 5.02 Å². The van der Waals surface area contributed by atoms with Crippen LogP contribution in [-0.2, 0) is 0 Å². The largest absolute Gasteiger partial charge is 0.351 e. The minimum atomic E-state index is -0.0992. The van der Waals surface area contributed by atoms with E-state index in [1.807, 2.05) is 18.4 Å². The van der Waals surface area contributed by atoms with Gasteiger partial charge in [-0.3, -0.25) is 4.79 Å². The van der Waals surface area contributed by atoms with Crippen molar-refractivity contribution in [2.45, 2.75) is 31.6 Å². The Morgan fingerprint density at radius 3 is 2.75 bits per heavy atom. The molecule has 0 aromatic heterocycles. The summed E-state index contributed by atoms with van der Waals surface area (Å²) in [7, 11) is 0. The van der Waals surface area contributed by atoms with Gasteiger partial charge in [0.05, 0.1) is 10.6 Å². The first-order valence-electron chi connectivity index (χ1n) is 6.57. The molecule has 1 amide bonds. The molecule has 1 N–H and O–H groups in total. The van der Waals surface area contributed by atoms with E-state index in [0.29, 0.717) is 17.1 Å². The molecular weight excluding hydrogens is 358 g/mol. The lowest BCUT2D eigenvalue weighted by atomic mass is 9.88. The number of carbonyl (C=O) groups is 1. The number of alkyl halides is 1. The Balaban J connectivity index is 2.67. The Morgan fingerprint density at radius 2 is 2.15 bits per heavy atom. The van der Waals surface area contributed by atoms with Crippen LogP contribution in [0.1, 0.15) is 37.0 Å². The number of halogens is 2. The monoisotopic (exact) mass is 377 g/mol. The minimum absolute atomic E-state index is 0.0903. The molecule has 0 unspecified atom stereocenters. The fraction of sp³-hybridized carbons (Fsp3) is 0.533. The van der Waals surface area contributed by atoms with Gasteiger partial charge in [-0.1, -0.05) is 41.4 Å². The van der Waals surface area contributed by atoms with Gasteiger partial charge in [0, 0.05) is 16.8 Å². The molecule has 0 saturated heterocycles. The molecule has 0 atom stereocenters. The summed E-state index contributed by atoms with van der Waals surface area (Å²) in [6.07, 6.45) is 4.15. The molecule has 0 radical (unpaired) electrons. The maximum absolute atomic E-state index is 12.2. The van der Waals surface area contributed by atoms with Gasteiger partial charge < -0.3 is 5.32 Å². The van der Waals surface area contributed by atoms with Crippen LogP contribution in [0.3, 0.4) is 0 Å². The second-order valence-electron chi connectivity index (χ2n) is 5.49. The van der Waals surface area contributed by atoms with Gasteiger partial charge in [-0.25, -0.2) is 0 Å². The predicted octanol–water partition coefficient (Wildman–Crippen LogP) is 4.99. The normalized spacial score (nSPS) is 11.4. The molecule has 0 spiro atoms. The molecule has 1 aromatic rings. The van der Waals surface area contributed by atoms with Crippen molar-refractivity contribution in [3.05, 3.63) is 28.8 Å². The zero-order valence-electron chi connectivity index (χ0n) is 12.1. The zero-order chi connectivity index (χ0) is 15.2. The summed E-state index contributed by atoms with van der Waals surface area (Å²) in [5, 5.41) is 4.48. The molecule has 0 aliphatic heterocycles. The Morgan fingerprint density at radius 1 is 1.45 bits per heavy atom. The molecule has 2 nitrogen and oxygen atoms in total. The third-order valence-corrected chi connectivity index (χ3v) is 4.75. The molecule has 20 heavy (non-hydrogen) atoms. The average Bonchev–Trinajstić information content (AvgIpc) is 2.43. The fourth-order valence-corrected chi connectivity index (χ4v) is 2.78. The summed E-state index contributed by atoms with van der Waals surface area (Å²) >= 11 is 11.1. The third kappa shape index (κ3) is 5.66. The highest BCUT2D eigenvalue weighted by atomic mass is 79.9. The molecule has 0 aliphatic rings. The van der Waals surface area contributed by atoms with Crippen molar-refractivity contribution in [3.8, 4) is 0 Å². The van der Waals surface area contributed by atoms with Crippen molar-refractivity contribution in [2.24, 2.45) is 5.41 Å². The standard InChI is InChI=1S/C15H21BrClNOS/c1-15(2,7-4-8-16)10-18-14(19)12-9-11(20-3)5-6-13(12)17/h5-6,9H,4,7-8,10H2,1-3H3,(H,18,19). The lowest BCUT2D eigenvalue weighted by Gasteiger charge is -2.24. The summed E-state index contributed by atoms with van der Waals surface area (Å²) in [5.74, 6) is -0.0992. The molecule has 0 fully saturated rings. The molecule has 0 aliphatic carbocycles. The van der Waals surface area contributed by atoms with Crippen molar-refractivity contribution >= 4 is 45.2 Å². The molecule has 5 heteroatoms. The Kier molecular flexibility index (Phi) is 7.41. The van der Waals surface area contributed by atoms with Gasteiger partial charge in [0.1, 0.15) is 0 Å². The Hall–Kier alpha value is -0.190. The average molecular weight is 379 g/mol. The SMILES string of the molecule is CSc1ccc(Cl)c(C(=O)NCC(C)(C)CCCBr)c1. The number of amides is 1. The molecular formula is C15H21BrClNOS. The van der Waals surface area contributed by atoms with Gasteiger partial charge in [-0.2, -0.15) is 0 Å². The summed E-state index contributed by atoms with van der Waals surface area (Å²) in [5.41, 5.74) is 0.641. The Labute approximate surface area is 139 Å². The van der Waals surface area contributed by atoms with Gasteiger partial charge in [-0.05, 0) is 42.7 Å². The molecule has 0 bridgehead atoms. The molecule has 1 rings (SSSR count). The van der Waals surface area contributed by atoms with E-state index in [9.17, 15) is 4.79 Å². The van der Waals surface area contributed by atoms with E-state index in [2.05, 4.69) is 35.1 Å². The molecule has 1 aromatic carbocycles. The smallest absolute Gasteiger partial charge is 0.252 e. The summed E-state index contributed by atoms with van der Waals surface area (Å²) in [4.78, 5) is 13.3. The summed E-state index contributed by atoms with van der Waals surface area (Å²) in [6, 6.07) is 5.54. The lowest BCUT2D eigenvalue weighted by Crippen LogP contribution is -2.34. The van der Waals surface area contributed by atoms with Crippen LogP contribution < -0.4 is 5.32 Å². The number of hydrogen-bond donors (Lipinski definition) is 1. The first kappa shape index (κ1) is 17.9. The van der Waals surface area contributed by atoms with Crippen LogP contribution >= 0.6 is 39.3 Å². The van der Waals surface area contributed by atoms with Crippen LogP contribution in [0.5, 0.6) is 0 Å². The first-order chi connectivity index (χ1) is 9.39. The second kappa shape index (κ2) is 8.30. The predicted molar refractivity (Wildman–Crippen MR) is 92.4 cm³/mol. The zero-order valence-corrected chi connectivity index (χ0v) is 15.3. The number of rotatable bonds is 7. The molecule has 112 valence electrons. The number of nitrogens with one attached hydrogen (secondary N) is 1. The number of thioether (sulfide) groups is 1. The van der Waals surface area contributed by atoms with Crippen LogP contribution in [0.15, 0.2) is 23.1 Å². The van der Waals surface area contributed by atoms with Gasteiger partial charge in [0.15, 0.2) is 0 Å². The quantitative estimate of drug-likeness (QED) is 0.535. The number of hydrogen-bond acceptors (Lipinski definition) is 2. The molecule has 0 saturated carbocycles. The van der Waals surface area contributed by atoms with Crippen LogP contribution in [0.4, 0.5) is 0 Å². The third-order valence-electron chi connectivity index (χ3n) is 3.13. The fourth-order valence-electron chi connectivity index (χ4n) is 1.85. The van der Waals surface area contributed by atoms with E-state index < -0.39 is 0 Å². The molecule has 0 heterocycles. The second-order valence-corrected chi connectivity index (χ2v) is 7.57. The topological polar surface area (TPSA) is 29.1 Å². The van der Waals surface area contributed by atoms with Crippen molar-refractivity contribution in [3.63, 3.8) is 0 Å². The maximum Gasteiger partial charge on any atom is 0.252 e. The lowest BCUT2D eigenvalue weighted by molar-refractivity contribution is 0.0934. The maximum atomic E-state index is 12.2. The summed E-state index contributed by atoms with van der Waals surface area (Å²) < 4.78 is 0. The first-order valence-corrected chi connectivity index (χ1v) is 9.30. The van der Waals surface area contributed by atoms with Gasteiger partial charge in [0.2, 0.25) is 0 Å².